The molecular formula is C16H14BrN5O2. The van der Waals surface area contributed by atoms with Crippen molar-refractivity contribution in [2.45, 2.75) is 0 Å². The Morgan fingerprint density at radius 3 is 2.79 bits per heavy atom. The smallest absolute Gasteiger partial charge is 0.280 e. The number of carbonyl (C=O) groups is 1. The maximum absolute atomic E-state index is 12.4. The molecule has 8 heteroatoms. The quantitative estimate of drug-likeness (QED) is 0.622. The third kappa shape index (κ3) is 3.54. The lowest BCUT2D eigenvalue weighted by Crippen LogP contribution is -2.14. The summed E-state index contributed by atoms with van der Waals surface area (Å²) in [5.41, 5.74) is 1.55. The molecule has 0 radical (unpaired) electrons. The molecule has 1 aromatic heterocycles. The molecule has 3 aromatic rings. The Morgan fingerprint density at radius 1 is 1.17 bits per heavy atom. The Kier molecular flexibility index (Phi) is 4.76. The molecule has 0 saturated heterocycles. The van der Waals surface area contributed by atoms with Crippen molar-refractivity contribution in [1.29, 1.82) is 0 Å². The van der Waals surface area contributed by atoms with Gasteiger partial charge in [-0.3, -0.25) is 4.79 Å². The molecule has 0 aliphatic heterocycles. The number of ether oxygens (including phenoxy) is 1. The third-order valence-corrected chi connectivity index (χ3v) is 3.91. The van der Waals surface area contributed by atoms with Gasteiger partial charge in [-0.05, 0) is 40.2 Å². The minimum atomic E-state index is -0.374. The number of aromatic amines is 1. The van der Waals surface area contributed by atoms with E-state index in [-0.39, 0.29) is 11.6 Å². The molecule has 2 aromatic carbocycles. The largest absolute Gasteiger partial charge is 0.497 e. The lowest BCUT2D eigenvalue weighted by molar-refractivity contribution is 0.102. The molecule has 0 bridgehead atoms. The van der Waals surface area contributed by atoms with Crippen molar-refractivity contribution in [3.8, 4) is 5.75 Å². The van der Waals surface area contributed by atoms with Crippen LogP contribution in [-0.2, 0) is 0 Å². The van der Waals surface area contributed by atoms with E-state index in [0.29, 0.717) is 17.3 Å². The fourth-order valence-electron chi connectivity index (χ4n) is 2.06. The molecule has 1 amide bonds. The summed E-state index contributed by atoms with van der Waals surface area (Å²) in [6, 6.07) is 14.6. The highest BCUT2D eigenvalue weighted by Gasteiger charge is 2.17. The van der Waals surface area contributed by atoms with Crippen LogP contribution in [0.25, 0.3) is 0 Å². The van der Waals surface area contributed by atoms with Crippen molar-refractivity contribution in [2.75, 3.05) is 17.7 Å². The normalized spacial score (nSPS) is 10.2. The predicted octanol–water partition coefficient (Wildman–Crippen LogP) is 3.57. The van der Waals surface area contributed by atoms with Crippen LogP contribution in [-0.4, -0.2) is 28.4 Å². The molecule has 1 heterocycles. The number of anilines is 3. The van der Waals surface area contributed by atoms with Gasteiger partial charge >= 0.3 is 0 Å². The zero-order chi connectivity index (χ0) is 16.9. The number of rotatable bonds is 5. The molecule has 0 aliphatic carbocycles. The average molecular weight is 388 g/mol. The first-order chi connectivity index (χ1) is 11.7. The molecule has 0 fully saturated rings. The van der Waals surface area contributed by atoms with E-state index >= 15 is 0 Å². The van der Waals surface area contributed by atoms with Crippen molar-refractivity contribution in [3.05, 3.63) is 58.7 Å². The summed E-state index contributed by atoms with van der Waals surface area (Å²) in [7, 11) is 1.59. The van der Waals surface area contributed by atoms with E-state index < -0.39 is 0 Å². The summed E-state index contributed by atoms with van der Waals surface area (Å²) in [5, 5.41) is 16.2. The van der Waals surface area contributed by atoms with Crippen LogP contribution < -0.4 is 15.4 Å². The van der Waals surface area contributed by atoms with E-state index in [4.69, 9.17) is 4.74 Å². The number of halogens is 1. The van der Waals surface area contributed by atoms with E-state index in [1.807, 2.05) is 36.4 Å². The zero-order valence-corrected chi connectivity index (χ0v) is 14.3. The van der Waals surface area contributed by atoms with Gasteiger partial charge in [0.15, 0.2) is 11.5 Å². The van der Waals surface area contributed by atoms with Gasteiger partial charge in [-0.1, -0.05) is 18.2 Å². The number of nitrogens with zero attached hydrogens (tertiary/aromatic N) is 2. The van der Waals surface area contributed by atoms with Gasteiger partial charge in [-0.15, -0.1) is 10.2 Å². The van der Waals surface area contributed by atoms with Crippen molar-refractivity contribution in [2.24, 2.45) is 0 Å². The van der Waals surface area contributed by atoms with Crippen molar-refractivity contribution < 1.29 is 9.53 Å². The summed E-state index contributed by atoms with van der Waals surface area (Å²) in [6.45, 7) is 0. The van der Waals surface area contributed by atoms with Crippen LogP contribution in [0.15, 0.2) is 53.0 Å². The van der Waals surface area contributed by atoms with Crippen LogP contribution in [0.3, 0.4) is 0 Å². The van der Waals surface area contributed by atoms with Crippen LogP contribution in [0.2, 0.25) is 0 Å². The Hall–Kier alpha value is -2.87. The van der Waals surface area contributed by atoms with Crippen molar-refractivity contribution in [1.82, 2.24) is 15.4 Å². The zero-order valence-electron chi connectivity index (χ0n) is 12.7. The van der Waals surface area contributed by atoms with Gasteiger partial charge in [0.1, 0.15) is 5.75 Å². The molecule has 3 N–H and O–H groups in total. The molecular weight excluding hydrogens is 374 g/mol. The van der Waals surface area contributed by atoms with E-state index in [1.165, 1.54) is 0 Å². The van der Waals surface area contributed by atoms with Gasteiger partial charge in [0.05, 0.1) is 12.8 Å². The number of hydrogen-bond acceptors (Lipinski definition) is 5. The Bertz CT molecular complexity index is 865. The monoisotopic (exact) mass is 387 g/mol. The summed E-state index contributed by atoms with van der Waals surface area (Å²) >= 11 is 3.39. The standard InChI is InChI=1S/C16H14BrN5O2/c1-24-11-6-4-5-10(9-11)18-15-14(20-22-21-15)16(23)19-13-8-3-2-7-12(13)17/h2-9H,1H3,(H,19,23)(H2,18,20,21,22). The molecule has 0 unspecified atom stereocenters. The number of aromatic nitrogens is 3. The summed E-state index contributed by atoms with van der Waals surface area (Å²) in [6.07, 6.45) is 0. The number of nitrogens with one attached hydrogen (secondary N) is 3. The first-order valence-corrected chi connectivity index (χ1v) is 7.84. The first-order valence-electron chi connectivity index (χ1n) is 7.05. The first kappa shape index (κ1) is 16.0. The van der Waals surface area contributed by atoms with Crippen LogP contribution in [0, 0.1) is 0 Å². The molecule has 0 spiro atoms. The molecule has 3 rings (SSSR count). The lowest BCUT2D eigenvalue weighted by atomic mass is 10.3. The van der Waals surface area contributed by atoms with Gasteiger partial charge in [0.2, 0.25) is 0 Å². The average Bonchev–Trinajstić information content (AvgIpc) is 3.05. The van der Waals surface area contributed by atoms with E-state index in [9.17, 15) is 4.79 Å². The molecule has 0 saturated carbocycles. The Morgan fingerprint density at radius 2 is 2.00 bits per heavy atom. The van der Waals surface area contributed by atoms with Crippen LogP contribution in [0.4, 0.5) is 17.2 Å². The minimum absolute atomic E-state index is 0.161. The Balaban J connectivity index is 1.79. The van der Waals surface area contributed by atoms with Gasteiger partial charge in [0, 0.05) is 16.2 Å². The third-order valence-electron chi connectivity index (χ3n) is 3.22. The van der Waals surface area contributed by atoms with Gasteiger partial charge in [-0.2, -0.15) is 5.21 Å². The van der Waals surface area contributed by atoms with E-state index in [0.717, 1.165) is 10.2 Å². The van der Waals surface area contributed by atoms with Gasteiger partial charge in [0.25, 0.3) is 5.91 Å². The molecule has 7 nitrogen and oxygen atoms in total. The van der Waals surface area contributed by atoms with Gasteiger partial charge in [-0.25, -0.2) is 0 Å². The minimum Gasteiger partial charge on any atom is -0.497 e. The second kappa shape index (κ2) is 7.14. The van der Waals surface area contributed by atoms with Crippen LogP contribution in [0.1, 0.15) is 10.5 Å². The molecule has 24 heavy (non-hydrogen) atoms. The number of H-pyrrole nitrogens is 1. The fourth-order valence-corrected chi connectivity index (χ4v) is 2.44. The SMILES string of the molecule is COc1cccc(Nc2n[nH]nc2C(=O)Nc2ccccc2Br)c1. The highest BCUT2D eigenvalue weighted by atomic mass is 79.9. The maximum atomic E-state index is 12.4. The molecule has 0 atom stereocenters. The van der Waals surface area contributed by atoms with Crippen LogP contribution in [0.5, 0.6) is 5.75 Å². The predicted molar refractivity (Wildman–Crippen MR) is 94.8 cm³/mol. The van der Waals surface area contributed by atoms with E-state index in [2.05, 4.69) is 42.0 Å². The number of carbonyl (C=O) groups excluding carboxylic acids is 1. The summed E-state index contributed by atoms with van der Waals surface area (Å²) < 4.78 is 5.96. The van der Waals surface area contributed by atoms with Crippen molar-refractivity contribution >= 4 is 39.0 Å². The number of benzene rings is 2. The highest BCUT2D eigenvalue weighted by Crippen LogP contribution is 2.24. The fraction of sp³-hybridized carbons (Fsp3) is 0.0625. The van der Waals surface area contributed by atoms with Gasteiger partial charge < -0.3 is 15.4 Å². The maximum Gasteiger partial charge on any atom is 0.280 e. The van der Waals surface area contributed by atoms with Crippen molar-refractivity contribution in [3.63, 3.8) is 0 Å². The second-order valence-corrected chi connectivity index (χ2v) is 5.67. The number of amides is 1. The number of para-hydroxylation sites is 1. The van der Waals surface area contributed by atoms with E-state index in [1.54, 1.807) is 19.2 Å². The molecule has 122 valence electrons. The topological polar surface area (TPSA) is 91.9 Å². The summed E-state index contributed by atoms with van der Waals surface area (Å²) in [4.78, 5) is 12.4. The summed E-state index contributed by atoms with van der Waals surface area (Å²) in [5.74, 6) is 0.650. The molecule has 0 aliphatic rings. The number of methoxy groups -OCH3 is 1. The Labute approximate surface area is 146 Å². The number of hydrogen-bond donors (Lipinski definition) is 3. The van der Waals surface area contributed by atoms with Crippen LogP contribution >= 0.6 is 15.9 Å². The second-order valence-electron chi connectivity index (χ2n) is 4.81. The highest BCUT2D eigenvalue weighted by molar-refractivity contribution is 9.10. The lowest BCUT2D eigenvalue weighted by Gasteiger charge is -2.08.